The normalized spacial score (nSPS) is 15.2. The molecule has 0 aliphatic carbocycles. The Balaban J connectivity index is 1.46. The lowest BCUT2D eigenvalue weighted by atomic mass is 10.2. The molecule has 1 fully saturated rings. The molecule has 1 aliphatic rings. The Morgan fingerprint density at radius 3 is 2.83 bits per heavy atom. The van der Waals surface area contributed by atoms with Crippen molar-refractivity contribution in [1.82, 2.24) is 9.88 Å². The van der Waals surface area contributed by atoms with E-state index in [4.69, 9.17) is 9.47 Å². The highest BCUT2D eigenvalue weighted by atomic mass is 16.5. The van der Waals surface area contributed by atoms with Crippen molar-refractivity contribution in [2.75, 3.05) is 44.8 Å². The number of hydrogen-bond acceptors (Lipinski definition) is 5. The zero-order valence-corrected chi connectivity index (χ0v) is 14.2. The second kappa shape index (κ2) is 8.66. The van der Waals surface area contributed by atoms with Crippen molar-refractivity contribution in [1.29, 1.82) is 0 Å². The monoisotopic (exact) mass is 327 g/mol. The summed E-state index contributed by atoms with van der Waals surface area (Å²) in [6.45, 7) is 8.02. The molecule has 1 N–H and O–H groups in total. The van der Waals surface area contributed by atoms with Crippen molar-refractivity contribution in [2.24, 2.45) is 0 Å². The predicted octanol–water partition coefficient (Wildman–Crippen LogP) is 2.71. The maximum atomic E-state index is 5.89. The minimum absolute atomic E-state index is 0.705. The molecule has 0 amide bonds. The van der Waals surface area contributed by atoms with Gasteiger partial charge < -0.3 is 14.8 Å². The molecular weight excluding hydrogens is 302 g/mol. The van der Waals surface area contributed by atoms with Gasteiger partial charge in [0, 0.05) is 31.9 Å². The van der Waals surface area contributed by atoms with E-state index >= 15 is 0 Å². The molecule has 128 valence electrons. The zero-order chi connectivity index (χ0) is 16.6. The third-order valence-corrected chi connectivity index (χ3v) is 4.04. The van der Waals surface area contributed by atoms with E-state index < -0.39 is 0 Å². The van der Waals surface area contributed by atoms with Crippen LogP contribution in [0.5, 0.6) is 5.75 Å². The fraction of sp³-hybridized carbons (Fsp3) is 0.421. The summed E-state index contributed by atoms with van der Waals surface area (Å²) in [5.41, 5.74) is 2.20. The summed E-state index contributed by atoms with van der Waals surface area (Å²) in [6.07, 6.45) is 0. The number of morpholine rings is 1. The number of hydrogen-bond donors (Lipinski definition) is 1. The van der Waals surface area contributed by atoms with Crippen LogP contribution >= 0.6 is 0 Å². The van der Waals surface area contributed by atoms with Crippen LogP contribution in [0, 0.1) is 6.92 Å². The van der Waals surface area contributed by atoms with Gasteiger partial charge in [0.1, 0.15) is 18.2 Å². The summed E-state index contributed by atoms with van der Waals surface area (Å²) in [5.74, 6) is 1.81. The molecule has 1 aromatic heterocycles. The van der Waals surface area contributed by atoms with E-state index in [1.54, 1.807) is 0 Å². The van der Waals surface area contributed by atoms with E-state index in [0.717, 1.165) is 56.7 Å². The van der Waals surface area contributed by atoms with Gasteiger partial charge >= 0.3 is 0 Å². The number of nitrogens with zero attached hydrogens (tertiary/aromatic N) is 2. The molecule has 1 aromatic carbocycles. The number of ether oxygens (including phenoxy) is 2. The highest BCUT2D eigenvalue weighted by Gasteiger charge is 2.09. The minimum Gasteiger partial charge on any atom is -0.492 e. The largest absolute Gasteiger partial charge is 0.492 e. The van der Waals surface area contributed by atoms with E-state index in [9.17, 15) is 0 Å². The summed E-state index contributed by atoms with van der Waals surface area (Å²) in [4.78, 5) is 6.83. The van der Waals surface area contributed by atoms with Crippen molar-refractivity contribution >= 4 is 5.82 Å². The van der Waals surface area contributed by atoms with E-state index in [0.29, 0.717) is 6.61 Å². The number of benzene rings is 1. The third-order valence-electron chi connectivity index (χ3n) is 4.04. The van der Waals surface area contributed by atoms with Gasteiger partial charge in [-0.1, -0.05) is 18.2 Å². The molecule has 2 heterocycles. The van der Waals surface area contributed by atoms with Crippen LogP contribution in [0.2, 0.25) is 0 Å². The lowest BCUT2D eigenvalue weighted by Gasteiger charge is -2.26. The Labute approximate surface area is 143 Å². The van der Waals surface area contributed by atoms with Gasteiger partial charge in [-0.3, -0.25) is 4.90 Å². The summed E-state index contributed by atoms with van der Waals surface area (Å²) in [7, 11) is 0. The number of aromatic nitrogens is 1. The highest BCUT2D eigenvalue weighted by Crippen LogP contribution is 2.15. The van der Waals surface area contributed by atoms with Gasteiger partial charge in [-0.05, 0) is 36.8 Å². The van der Waals surface area contributed by atoms with Crippen LogP contribution in [0.3, 0.4) is 0 Å². The maximum absolute atomic E-state index is 5.89. The predicted molar refractivity (Wildman–Crippen MR) is 95.5 cm³/mol. The van der Waals surface area contributed by atoms with E-state index in [1.807, 2.05) is 37.3 Å². The number of rotatable bonds is 7. The number of anilines is 1. The number of nitrogens with one attached hydrogen (secondary N) is 1. The second-order valence-electron chi connectivity index (χ2n) is 5.97. The van der Waals surface area contributed by atoms with Crippen molar-refractivity contribution in [3.63, 3.8) is 0 Å². The van der Waals surface area contributed by atoms with Crippen LogP contribution in [0.15, 0.2) is 42.5 Å². The van der Waals surface area contributed by atoms with E-state index in [1.165, 1.54) is 5.56 Å². The average Bonchev–Trinajstić information content (AvgIpc) is 2.61. The fourth-order valence-corrected chi connectivity index (χ4v) is 2.70. The van der Waals surface area contributed by atoms with Gasteiger partial charge in [0.2, 0.25) is 0 Å². The lowest BCUT2D eigenvalue weighted by Crippen LogP contribution is -2.38. The van der Waals surface area contributed by atoms with E-state index in [2.05, 4.69) is 27.3 Å². The third kappa shape index (κ3) is 5.22. The summed E-state index contributed by atoms with van der Waals surface area (Å²) >= 11 is 0. The van der Waals surface area contributed by atoms with Crippen LogP contribution in [-0.2, 0) is 11.3 Å². The molecule has 0 spiro atoms. The van der Waals surface area contributed by atoms with Crippen LogP contribution in [-0.4, -0.2) is 49.3 Å². The van der Waals surface area contributed by atoms with Crippen molar-refractivity contribution in [3.8, 4) is 5.75 Å². The Hall–Kier alpha value is -2.11. The maximum Gasteiger partial charge on any atom is 0.126 e. The summed E-state index contributed by atoms with van der Waals surface area (Å²) < 4.78 is 11.3. The lowest BCUT2D eigenvalue weighted by molar-refractivity contribution is 0.0322. The molecule has 0 bridgehead atoms. The first-order chi connectivity index (χ1) is 11.8. The smallest absolute Gasteiger partial charge is 0.126 e. The fourth-order valence-electron chi connectivity index (χ4n) is 2.70. The minimum atomic E-state index is 0.705. The van der Waals surface area contributed by atoms with Crippen LogP contribution in [0.25, 0.3) is 0 Å². The first-order valence-corrected chi connectivity index (χ1v) is 8.49. The Morgan fingerprint density at radius 1 is 1.17 bits per heavy atom. The van der Waals surface area contributed by atoms with Crippen molar-refractivity contribution < 1.29 is 9.47 Å². The summed E-state index contributed by atoms with van der Waals surface area (Å²) in [5, 5.41) is 3.35. The molecule has 0 radical (unpaired) electrons. The summed E-state index contributed by atoms with van der Waals surface area (Å²) in [6, 6.07) is 14.2. The van der Waals surface area contributed by atoms with Gasteiger partial charge in [0.15, 0.2) is 0 Å². The Morgan fingerprint density at radius 2 is 2.00 bits per heavy atom. The molecule has 0 unspecified atom stereocenters. The van der Waals surface area contributed by atoms with Crippen molar-refractivity contribution in [2.45, 2.75) is 13.5 Å². The van der Waals surface area contributed by atoms with Crippen LogP contribution in [0.1, 0.15) is 11.3 Å². The van der Waals surface area contributed by atoms with Crippen molar-refractivity contribution in [3.05, 3.63) is 53.7 Å². The van der Waals surface area contributed by atoms with Gasteiger partial charge in [0.25, 0.3) is 0 Å². The topological polar surface area (TPSA) is 46.6 Å². The number of aryl methyl sites for hydroxylation is 1. The molecule has 1 saturated heterocycles. The van der Waals surface area contributed by atoms with Gasteiger partial charge in [0.05, 0.1) is 13.2 Å². The van der Waals surface area contributed by atoms with Gasteiger partial charge in [-0.25, -0.2) is 4.98 Å². The Bertz CT molecular complexity index is 642. The molecule has 1 aliphatic heterocycles. The number of pyridine rings is 1. The second-order valence-corrected chi connectivity index (χ2v) is 5.97. The Kier molecular flexibility index (Phi) is 6.04. The zero-order valence-electron chi connectivity index (χ0n) is 14.2. The highest BCUT2D eigenvalue weighted by molar-refractivity contribution is 5.37. The molecule has 5 heteroatoms. The van der Waals surface area contributed by atoms with E-state index in [-0.39, 0.29) is 0 Å². The van der Waals surface area contributed by atoms with Gasteiger partial charge in [-0.15, -0.1) is 0 Å². The first kappa shape index (κ1) is 16.7. The molecule has 0 atom stereocenters. The molecule has 5 nitrogen and oxygen atoms in total. The molecule has 24 heavy (non-hydrogen) atoms. The average molecular weight is 327 g/mol. The molecule has 2 aromatic rings. The molecule has 0 saturated carbocycles. The first-order valence-electron chi connectivity index (χ1n) is 8.49. The van der Waals surface area contributed by atoms with Gasteiger partial charge in [-0.2, -0.15) is 0 Å². The van der Waals surface area contributed by atoms with Crippen LogP contribution < -0.4 is 10.1 Å². The standard InChI is InChI=1S/C19H25N3O2/c1-16-4-2-7-19(21-16)20-15-17-5-3-6-18(14-17)24-13-10-22-8-11-23-12-9-22/h2-7,14H,8-13,15H2,1H3,(H,20,21). The molecular formula is C19H25N3O2. The molecule has 3 rings (SSSR count). The SMILES string of the molecule is Cc1cccc(NCc2cccc(OCCN3CCOCC3)c2)n1. The van der Waals surface area contributed by atoms with Crippen LogP contribution in [0.4, 0.5) is 5.82 Å². The quantitative estimate of drug-likeness (QED) is 0.847.